The summed E-state index contributed by atoms with van der Waals surface area (Å²) >= 11 is 0. The third-order valence-electron chi connectivity index (χ3n) is 9.30. The number of alkyl carbamates (subject to hydrolysis) is 1. The predicted octanol–water partition coefficient (Wildman–Crippen LogP) is 2.27. The van der Waals surface area contributed by atoms with Gasteiger partial charge in [0.2, 0.25) is 29.4 Å². The Labute approximate surface area is 307 Å². The van der Waals surface area contributed by atoms with E-state index >= 15 is 0 Å². The van der Waals surface area contributed by atoms with E-state index in [4.69, 9.17) is 4.74 Å². The molecule has 6 amide bonds. The van der Waals surface area contributed by atoms with Gasteiger partial charge in [-0.25, -0.2) is 4.79 Å². The smallest absolute Gasteiger partial charge is 0.408 e. The van der Waals surface area contributed by atoms with Crippen molar-refractivity contribution in [1.29, 1.82) is 0 Å². The van der Waals surface area contributed by atoms with E-state index in [0.29, 0.717) is 38.5 Å². The Morgan fingerprint density at radius 1 is 0.923 bits per heavy atom. The van der Waals surface area contributed by atoms with Crippen molar-refractivity contribution in [2.75, 3.05) is 27.2 Å². The first-order valence-corrected chi connectivity index (χ1v) is 18.2. The highest BCUT2D eigenvalue weighted by atomic mass is 16.6. The van der Waals surface area contributed by atoms with E-state index in [1.165, 1.54) is 9.80 Å². The van der Waals surface area contributed by atoms with E-state index in [0.717, 1.165) is 11.1 Å². The third-order valence-corrected chi connectivity index (χ3v) is 9.30. The molecule has 1 saturated heterocycles. The van der Waals surface area contributed by atoms with Gasteiger partial charge in [-0.1, -0.05) is 64.8 Å². The Bertz CT molecular complexity index is 1470. The van der Waals surface area contributed by atoms with Crippen LogP contribution in [0.1, 0.15) is 91.7 Å². The van der Waals surface area contributed by atoms with Crippen LogP contribution in [0.2, 0.25) is 0 Å². The molecule has 3 rings (SSSR count). The SMILES string of the molecule is CCCCC(NC(=O)[C@@H]1CCCN1C(=O)[C@@H](NC(=O)OC(C)(C)C)C(C)(C)C)C(=O)C(=O)NCC(=O)N[C@H](C(=O)N(C)C)C1Cc2ccccc2C1. The molecule has 1 fully saturated rings. The first-order valence-electron chi connectivity index (χ1n) is 18.2. The number of nitrogens with zero attached hydrogens (tertiary/aromatic N) is 2. The fourth-order valence-corrected chi connectivity index (χ4v) is 6.61. The number of likely N-dealkylation sites (tertiary alicyclic amines) is 1. The number of nitrogens with one attached hydrogen (secondary N) is 4. The zero-order chi connectivity index (χ0) is 39.0. The Hall–Kier alpha value is -4.49. The molecule has 0 radical (unpaired) electrons. The highest BCUT2D eigenvalue weighted by molar-refractivity contribution is 6.38. The minimum absolute atomic E-state index is 0.170. The number of hydrogen-bond donors (Lipinski definition) is 4. The molecule has 4 atom stereocenters. The van der Waals surface area contributed by atoms with Gasteiger partial charge >= 0.3 is 6.09 Å². The van der Waals surface area contributed by atoms with Crippen molar-refractivity contribution >= 4 is 41.4 Å². The lowest BCUT2D eigenvalue weighted by atomic mass is 9.85. The van der Waals surface area contributed by atoms with Gasteiger partial charge in [0.25, 0.3) is 5.91 Å². The molecular weight excluding hydrogens is 668 g/mol. The van der Waals surface area contributed by atoms with Crippen LogP contribution < -0.4 is 21.3 Å². The summed E-state index contributed by atoms with van der Waals surface area (Å²) in [5, 5.41) is 10.5. The van der Waals surface area contributed by atoms with Gasteiger partial charge in [0.1, 0.15) is 23.7 Å². The lowest BCUT2D eigenvalue weighted by Gasteiger charge is -2.36. The van der Waals surface area contributed by atoms with Gasteiger partial charge in [0.05, 0.1) is 12.6 Å². The van der Waals surface area contributed by atoms with Crippen molar-refractivity contribution in [1.82, 2.24) is 31.1 Å². The second-order valence-electron chi connectivity index (χ2n) is 16.1. The number of hydrogen-bond acceptors (Lipinski definition) is 8. The van der Waals surface area contributed by atoms with Gasteiger partial charge in [-0.05, 0) is 75.3 Å². The molecule has 0 saturated carbocycles. The standard InChI is InChI=1S/C38H58N6O8/c1-10-11-17-26(40-32(47)27-18-14-19-44(27)35(50)31(37(2,3)4)42-36(51)52-38(5,6)7)30(46)33(48)39-22-28(45)41-29(34(49)43(8)9)25-20-23-15-12-13-16-24(23)21-25/h12-13,15-16,25-27,29,31H,10-11,14,17-22H2,1-9H3,(H,39,48)(H,40,47)(H,41,45)(H,42,51)/t26?,27-,29-,31+/m0/s1. The number of carbonyl (C=O) groups excluding carboxylic acids is 7. The van der Waals surface area contributed by atoms with Crippen molar-refractivity contribution in [3.8, 4) is 0 Å². The van der Waals surface area contributed by atoms with Crippen molar-refractivity contribution in [2.45, 2.75) is 123 Å². The van der Waals surface area contributed by atoms with Crippen LogP contribution in [0.4, 0.5) is 4.79 Å². The van der Waals surface area contributed by atoms with Gasteiger partial charge in [0, 0.05) is 20.6 Å². The quantitative estimate of drug-likeness (QED) is 0.211. The summed E-state index contributed by atoms with van der Waals surface area (Å²) in [6, 6.07) is 3.94. The summed E-state index contributed by atoms with van der Waals surface area (Å²) < 4.78 is 5.38. The zero-order valence-corrected chi connectivity index (χ0v) is 32.2. The Balaban J connectivity index is 1.65. The number of carbonyl (C=O) groups is 7. The largest absolute Gasteiger partial charge is 0.444 e. The number of benzene rings is 1. The van der Waals surface area contributed by atoms with Crippen molar-refractivity contribution in [3.63, 3.8) is 0 Å². The number of fused-ring (bicyclic) bond motifs is 1. The summed E-state index contributed by atoms with van der Waals surface area (Å²) in [4.78, 5) is 95.6. The van der Waals surface area contributed by atoms with Crippen LogP contribution in [0.15, 0.2) is 24.3 Å². The lowest BCUT2D eigenvalue weighted by Crippen LogP contribution is -2.59. The summed E-state index contributed by atoms with van der Waals surface area (Å²) in [5.74, 6) is -4.08. The van der Waals surface area contributed by atoms with Crippen LogP contribution in [0.3, 0.4) is 0 Å². The fraction of sp³-hybridized carbons (Fsp3) is 0.658. The first-order chi connectivity index (χ1) is 24.2. The molecule has 1 aromatic rings. The number of likely N-dealkylation sites (N-methyl/N-ethyl adjacent to an activating group) is 1. The van der Waals surface area contributed by atoms with Gasteiger partial charge in [-0.2, -0.15) is 0 Å². The summed E-state index contributed by atoms with van der Waals surface area (Å²) in [7, 11) is 3.22. The second-order valence-corrected chi connectivity index (χ2v) is 16.1. The average molecular weight is 727 g/mol. The summed E-state index contributed by atoms with van der Waals surface area (Å²) in [6.45, 7) is 12.2. The molecule has 14 nitrogen and oxygen atoms in total. The van der Waals surface area contributed by atoms with E-state index in [1.807, 2.05) is 31.2 Å². The number of ether oxygens (including phenoxy) is 1. The topological polar surface area (TPSA) is 183 Å². The Kier molecular flexibility index (Phi) is 14.4. The second kappa shape index (κ2) is 17.8. The maximum Gasteiger partial charge on any atom is 0.408 e. The fourth-order valence-electron chi connectivity index (χ4n) is 6.61. The molecule has 1 aliphatic carbocycles. The highest BCUT2D eigenvalue weighted by Gasteiger charge is 2.43. The molecule has 288 valence electrons. The molecule has 4 N–H and O–H groups in total. The number of amides is 6. The summed E-state index contributed by atoms with van der Waals surface area (Å²) in [5.41, 5.74) is 0.740. The van der Waals surface area contributed by atoms with E-state index in [2.05, 4.69) is 21.3 Å². The molecule has 0 spiro atoms. The number of unbranched alkanes of at least 4 members (excludes halogenated alkanes) is 1. The van der Waals surface area contributed by atoms with Crippen molar-refractivity contribution in [2.24, 2.45) is 11.3 Å². The van der Waals surface area contributed by atoms with Crippen LogP contribution in [0, 0.1) is 11.3 Å². The lowest BCUT2D eigenvalue weighted by molar-refractivity contribution is -0.144. The molecule has 2 aliphatic rings. The van der Waals surface area contributed by atoms with E-state index in [9.17, 15) is 33.6 Å². The highest BCUT2D eigenvalue weighted by Crippen LogP contribution is 2.30. The van der Waals surface area contributed by atoms with Crippen LogP contribution in [-0.4, -0.2) is 108 Å². The molecule has 14 heteroatoms. The van der Waals surface area contributed by atoms with Crippen LogP contribution >= 0.6 is 0 Å². The molecule has 1 aliphatic heterocycles. The number of ketones is 1. The average Bonchev–Trinajstić information content (AvgIpc) is 3.72. The first kappa shape index (κ1) is 41.9. The zero-order valence-electron chi connectivity index (χ0n) is 32.2. The maximum absolute atomic E-state index is 13.8. The number of Topliss-reactive ketones (excluding diaryl/α,β-unsaturated/α-hetero) is 1. The van der Waals surface area contributed by atoms with Crippen molar-refractivity contribution < 1.29 is 38.3 Å². The van der Waals surface area contributed by atoms with Crippen LogP contribution in [0.25, 0.3) is 0 Å². The van der Waals surface area contributed by atoms with Crippen molar-refractivity contribution in [3.05, 3.63) is 35.4 Å². The molecule has 52 heavy (non-hydrogen) atoms. The Morgan fingerprint density at radius 3 is 2.08 bits per heavy atom. The van der Waals surface area contributed by atoms with E-state index < -0.39 is 77.2 Å². The van der Waals surface area contributed by atoms with Gasteiger partial charge in [0.15, 0.2) is 0 Å². The minimum atomic E-state index is -1.19. The van der Waals surface area contributed by atoms with Crippen LogP contribution in [-0.2, 0) is 46.3 Å². The summed E-state index contributed by atoms with van der Waals surface area (Å²) in [6.07, 6.45) is 2.73. The maximum atomic E-state index is 13.8. The van der Waals surface area contributed by atoms with Gasteiger partial charge in [-0.3, -0.25) is 28.8 Å². The number of rotatable bonds is 14. The molecule has 1 unspecified atom stereocenters. The normalized spacial score (nSPS) is 17.6. The van der Waals surface area contributed by atoms with E-state index in [1.54, 1.807) is 55.6 Å². The van der Waals surface area contributed by atoms with E-state index in [-0.39, 0.29) is 24.8 Å². The molecular formula is C38H58N6O8. The molecule has 1 heterocycles. The third kappa shape index (κ3) is 11.5. The Morgan fingerprint density at radius 2 is 1.54 bits per heavy atom. The van der Waals surface area contributed by atoms with Gasteiger partial charge in [-0.15, -0.1) is 0 Å². The molecule has 1 aromatic carbocycles. The molecule has 0 bridgehead atoms. The van der Waals surface area contributed by atoms with Gasteiger partial charge < -0.3 is 35.8 Å². The monoisotopic (exact) mass is 726 g/mol. The minimum Gasteiger partial charge on any atom is -0.444 e. The molecule has 0 aromatic heterocycles. The van der Waals surface area contributed by atoms with Crippen LogP contribution in [0.5, 0.6) is 0 Å². The predicted molar refractivity (Wildman–Crippen MR) is 195 cm³/mol.